The van der Waals surface area contributed by atoms with E-state index in [2.05, 4.69) is 5.92 Å². The maximum Gasteiger partial charge on any atom is 0.237 e. The third-order valence-electron chi connectivity index (χ3n) is 2.70. The van der Waals surface area contributed by atoms with Gasteiger partial charge in [-0.3, -0.25) is 4.31 Å². The van der Waals surface area contributed by atoms with Crippen LogP contribution in [0, 0.1) is 12.3 Å². The minimum absolute atomic E-state index is 0.202. The molecule has 0 heterocycles. The third kappa shape index (κ3) is 1.91. The van der Waals surface area contributed by atoms with Crippen molar-refractivity contribution in [2.24, 2.45) is 0 Å². The van der Waals surface area contributed by atoms with Crippen LogP contribution in [-0.4, -0.2) is 20.7 Å². The van der Waals surface area contributed by atoms with Crippen LogP contribution >= 0.6 is 0 Å². The van der Waals surface area contributed by atoms with Gasteiger partial charge in [0.1, 0.15) is 0 Å². The fraction of sp³-hybridized carbons (Fsp3) is 0.333. The first-order valence-corrected chi connectivity index (χ1v) is 6.60. The zero-order valence-electron chi connectivity index (χ0n) is 9.05. The third-order valence-corrected chi connectivity index (χ3v) is 4.99. The highest BCUT2D eigenvalue weighted by atomic mass is 32.2. The van der Waals surface area contributed by atoms with Crippen molar-refractivity contribution in [3.8, 4) is 12.3 Å². The first-order valence-electron chi connectivity index (χ1n) is 5.10. The summed E-state index contributed by atoms with van der Waals surface area (Å²) in [5.41, 5.74) is 1.32. The molecule has 1 aliphatic rings. The van der Waals surface area contributed by atoms with Gasteiger partial charge in [0.2, 0.25) is 10.0 Å². The van der Waals surface area contributed by atoms with E-state index in [0.29, 0.717) is 11.3 Å². The molecule has 2 rings (SSSR count). The molecule has 0 saturated heterocycles. The van der Waals surface area contributed by atoms with E-state index in [1.807, 2.05) is 0 Å². The molecule has 0 spiro atoms. The average molecular weight is 235 g/mol. The molecular formula is C12H13NO2S. The van der Waals surface area contributed by atoms with E-state index in [0.717, 1.165) is 12.8 Å². The van der Waals surface area contributed by atoms with E-state index in [-0.39, 0.29) is 5.25 Å². The van der Waals surface area contributed by atoms with Crippen molar-refractivity contribution in [2.45, 2.75) is 18.1 Å². The second-order valence-corrected chi connectivity index (χ2v) is 6.15. The molecule has 0 unspecified atom stereocenters. The highest BCUT2D eigenvalue weighted by Crippen LogP contribution is 2.32. The van der Waals surface area contributed by atoms with Gasteiger partial charge in [0, 0.05) is 12.6 Å². The Balaban J connectivity index is 2.34. The second-order valence-electron chi connectivity index (χ2n) is 3.91. The molecule has 3 nitrogen and oxygen atoms in total. The van der Waals surface area contributed by atoms with Crippen molar-refractivity contribution in [3.05, 3.63) is 29.8 Å². The molecule has 84 valence electrons. The fourth-order valence-corrected chi connectivity index (χ4v) is 3.11. The highest BCUT2D eigenvalue weighted by Gasteiger charge is 2.38. The van der Waals surface area contributed by atoms with Gasteiger partial charge >= 0.3 is 0 Å². The quantitative estimate of drug-likeness (QED) is 0.746. The molecule has 1 saturated carbocycles. The van der Waals surface area contributed by atoms with Crippen molar-refractivity contribution >= 4 is 15.7 Å². The Labute approximate surface area is 96.1 Å². The maximum atomic E-state index is 12.0. The number of rotatable bonds is 3. The van der Waals surface area contributed by atoms with Crippen LogP contribution in [0.3, 0.4) is 0 Å². The van der Waals surface area contributed by atoms with Gasteiger partial charge in [-0.25, -0.2) is 8.42 Å². The minimum atomic E-state index is -3.18. The van der Waals surface area contributed by atoms with E-state index in [1.54, 1.807) is 31.3 Å². The van der Waals surface area contributed by atoms with Crippen LogP contribution < -0.4 is 4.31 Å². The van der Waals surface area contributed by atoms with Gasteiger partial charge in [0.05, 0.1) is 10.9 Å². The number of hydrogen-bond acceptors (Lipinski definition) is 2. The van der Waals surface area contributed by atoms with Crippen LogP contribution in [0.25, 0.3) is 0 Å². The summed E-state index contributed by atoms with van der Waals surface area (Å²) in [6.07, 6.45) is 6.81. The Kier molecular flexibility index (Phi) is 2.64. The smallest absolute Gasteiger partial charge is 0.237 e. The Morgan fingerprint density at radius 1 is 1.44 bits per heavy atom. The number of hydrogen-bond donors (Lipinski definition) is 0. The zero-order valence-corrected chi connectivity index (χ0v) is 9.87. The summed E-state index contributed by atoms with van der Waals surface area (Å²) in [6, 6.07) is 7.01. The summed E-state index contributed by atoms with van der Waals surface area (Å²) in [7, 11) is -1.61. The predicted molar refractivity (Wildman–Crippen MR) is 64.7 cm³/mol. The van der Waals surface area contributed by atoms with E-state index < -0.39 is 10.0 Å². The SMILES string of the molecule is C#Cc1cccc(N(C)S(=O)(=O)C2CC2)c1. The summed E-state index contributed by atoms with van der Waals surface area (Å²) < 4.78 is 25.3. The molecular weight excluding hydrogens is 222 g/mol. The molecule has 0 bridgehead atoms. The Hall–Kier alpha value is -1.47. The van der Waals surface area contributed by atoms with Crippen molar-refractivity contribution < 1.29 is 8.42 Å². The Morgan fingerprint density at radius 2 is 2.12 bits per heavy atom. The lowest BCUT2D eigenvalue weighted by molar-refractivity contribution is 0.593. The van der Waals surface area contributed by atoms with Crippen LogP contribution in [0.15, 0.2) is 24.3 Å². The van der Waals surface area contributed by atoms with Crippen molar-refractivity contribution in [3.63, 3.8) is 0 Å². The van der Waals surface area contributed by atoms with Crippen LogP contribution in [0.2, 0.25) is 0 Å². The molecule has 0 amide bonds. The molecule has 4 heteroatoms. The van der Waals surface area contributed by atoms with Crippen LogP contribution in [0.1, 0.15) is 18.4 Å². The molecule has 1 aromatic carbocycles. The molecule has 0 aromatic heterocycles. The molecule has 0 aliphatic heterocycles. The molecule has 0 N–H and O–H groups in total. The first-order chi connectivity index (χ1) is 7.55. The lowest BCUT2D eigenvalue weighted by Gasteiger charge is -2.19. The fourth-order valence-electron chi connectivity index (χ4n) is 1.53. The first kappa shape index (κ1) is 11.0. The van der Waals surface area contributed by atoms with Gasteiger partial charge < -0.3 is 0 Å². The highest BCUT2D eigenvalue weighted by molar-refractivity contribution is 7.93. The molecule has 0 atom stereocenters. The van der Waals surface area contributed by atoms with Crippen LogP contribution in [-0.2, 0) is 10.0 Å². The lowest BCUT2D eigenvalue weighted by Crippen LogP contribution is -2.29. The van der Waals surface area contributed by atoms with Gasteiger partial charge in [0.25, 0.3) is 0 Å². The largest absolute Gasteiger partial charge is 0.273 e. The number of sulfonamides is 1. The summed E-state index contributed by atoms with van der Waals surface area (Å²) >= 11 is 0. The monoisotopic (exact) mass is 235 g/mol. The number of nitrogens with zero attached hydrogens (tertiary/aromatic N) is 1. The number of terminal acetylenes is 1. The molecule has 0 radical (unpaired) electrons. The van der Waals surface area contributed by atoms with Crippen LogP contribution in [0.5, 0.6) is 0 Å². The topological polar surface area (TPSA) is 37.4 Å². The maximum absolute atomic E-state index is 12.0. The van der Waals surface area contributed by atoms with Gasteiger partial charge in [-0.05, 0) is 31.0 Å². The summed E-state index contributed by atoms with van der Waals surface area (Å²) in [4.78, 5) is 0. The average Bonchev–Trinajstić information content (AvgIpc) is 3.12. The molecule has 16 heavy (non-hydrogen) atoms. The van der Waals surface area contributed by atoms with Crippen LogP contribution in [0.4, 0.5) is 5.69 Å². The van der Waals surface area contributed by atoms with E-state index in [4.69, 9.17) is 6.42 Å². The summed E-state index contributed by atoms with van der Waals surface area (Å²) in [5.74, 6) is 2.50. The van der Waals surface area contributed by atoms with Crippen molar-refractivity contribution in [1.82, 2.24) is 0 Å². The Morgan fingerprint density at radius 3 is 2.69 bits per heavy atom. The van der Waals surface area contributed by atoms with Crippen molar-refractivity contribution in [2.75, 3.05) is 11.4 Å². The van der Waals surface area contributed by atoms with Crippen molar-refractivity contribution in [1.29, 1.82) is 0 Å². The second kappa shape index (κ2) is 3.84. The zero-order chi connectivity index (χ0) is 11.8. The summed E-state index contributed by atoms with van der Waals surface area (Å²) in [6.45, 7) is 0. The van der Waals surface area contributed by atoms with Gasteiger partial charge in [-0.1, -0.05) is 12.0 Å². The van der Waals surface area contributed by atoms with Gasteiger partial charge in [-0.2, -0.15) is 0 Å². The molecule has 1 aromatic rings. The summed E-state index contributed by atoms with van der Waals surface area (Å²) in [5, 5.41) is -0.202. The van der Waals surface area contributed by atoms with Gasteiger partial charge in [-0.15, -0.1) is 6.42 Å². The predicted octanol–water partition coefficient (Wildman–Crippen LogP) is 1.60. The van der Waals surface area contributed by atoms with E-state index in [1.165, 1.54) is 4.31 Å². The standard InChI is InChI=1S/C12H13NO2S/c1-3-10-5-4-6-11(9-10)13(2)16(14,15)12-7-8-12/h1,4-6,9,12H,7-8H2,2H3. The van der Waals surface area contributed by atoms with E-state index >= 15 is 0 Å². The number of anilines is 1. The normalized spacial score (nSPS) is 15.5. The van der Waals surface area contributed by atoms with Gasteiger partial charge in [0.15, 0.2) is 0 Å². The minimum Gasteiger partial charge on any atom is -0.273 e. The lowest BCUT2D eigenvalue weighted by atomic mass is 10.2. The number of benzene rings is 1. The Bertz CT molecular complexity index is 538. The molecule has 1 fully saturated rings. The van der Waals surface area contributed by atoms with E-state index in [9.17, 15) is 8.42 Å². The molecule has 1 aliphatic carbocycles.